The molecule has 0 bridgehead atoms. The van der Waals surface area contributed by atoms with E-state index >= 15 is 0 Å². The molecule has 0 aliphatic carbocycles. The number of hydrogen-bond acceptors (Lipinski definition) is 4. The van der Waals surface area contributed by atoms with Gasteiger partial charge in [0.15, 0.2) is 0 Å². The molecule has 1 N–H and O–H groups in total. The van der Waals surface area contributed by atoms with Crippen LogP contribution in [0.3, 0.4) is 0 Å². The topological polar surface area (TPSA) is 39.7 Å². The maximum absolute atomic E-state index is 5.98. The predicted octanol–water partition coefficient (Wildman–Crippen LogP) is 1.17. The minimum Gasteiger partial charge on any atom is -0.377 e. The van der Waals surface area contributed by atoms with Crippen molar-refractivity contribution in [2.24, 2.45) is 0 Å². The minimum absolute atomic E-state index is 0.120. The summed E-state index contributed by atoms with van der Waals surface area (Å²) in [5.41, 5.74) is 0. The van der Waals surface area contributed by atoms with E-state index in [1.807, 2.05) is 6.08 Å². The maximum Gasteiger partial charge on any atom is 0.500 e. The molecule has 15 heavy (non-hydrogen) atoms. The molecule has 0 aromatic carbocycles. The molecule has 0 saturated carbocycles. The van der Waals surface area contributed by atoms with Crippen molar-refractivity contribution < 1.29 is 13.3 Å². The molecule has 1 rings (SSSR count). The maximum atomic E-state index is 5.98. The highest BCUT2D eigenvalue weighted by atomic mass is 28.4. The van der Waals surface area contributed by atoms with Crippen LogP contribution >= 0.6 is 0 Å². The Balaban J connectivity index is 2.63. The van der Waals surface area contributed by atoms with Crippen LogP contribution in [0.4, 0.5) is 0 Å². The Morgan fingerprint density at radius 2 is 2.27 bits per heavy atom. The Morgan fingerprint density at radius 1 is 1.53 bits per heavy atom. The second-order valence-electron chi connectivity index (χ2n) is 3.66. The molecule has 0 spiro atoms. The van der Waals surface area contributed by atoms with E-state index in [0.29, 0.717) is 0 Å². The van der Waals surface area contributed by atoms with Gasteiger partial charge in [-0.05, 0) is 19.4 Å². The molecule has 4 nitrogen and oxygen atoms in total. The number of hydrogen-bond donors (Lipinski definition) is 1. The van der Waals surface area contributed by atoms with Crippen molar-refractivity contribution in [1.82, 2.24) is 5.32 Å². The molecule has 1 aliphatic heterocycles. The molecule has 1 unspecified atom stereocenters. The first-order valence-corrected chi connectivity index (χ1v) is 7.29. The highest BCUT2D eigenvalue weighted by Gasteiger charge is 2.41. The van der Waals surface area contributed by atoms with Gasteiger partial charge in [0.05, 0.1) is 6.10 Å². The van der Waals surface area contributed by atoms with E-state index in [1.165, 1.54) is 0 Å². The van der Waals surface area contributed by atoms with E-state index in [2.05, 4.69) is 11.9 Å². The van der Waals surface area contributed by atoms with Gasteiger partial charge in [-0.25, -0.2) is 0 Å². The van der Waals surface area contributed by atoms with Crippen LogP contribution in [0.1, 0.15) is 12.8 Å². The molecule has 88 valence electrons. The normalized spacial score (nSPS) is 26.7. The van der Waals surface area contributed by atoms with Crippen molar-refractivity contribution in [2.75, 3.05) is 27.3 Å². The van der Waals surface area contributed by atoms with Gasteiger partial charge in [-0.3, -0.25) is 0 Å². The van der Waals surface area contributed by atoms with E-state index in [1.54, 1.807) is 14.2 Å². The Labute approximate surface area is 93.0 Å². The molecular formula is C10H21NO3Si. The lowest BCUT2D eigenvalue weighted by Crippen LogP contribution is -2.50. The molecule has 1 heterocycles. The molecule has 1 saturated heterocycles. The van der Waals surface area contributed by atoms with Crippen LogP contribution in [0.2, 0.25) is 6.04 Å². The second kappa shape index (κ2) is 6.39. The standard InChI is InChI=1S/C10H21NO3Si/c1-4-6-10-9-11-7-5-8-15(12-2,13-3)14-10/h4,10-11H,1,5-9H2,2-3H3. The average Bonchev–Trinajstić information content (AvgIpc) is 2.23. The zero-order valence-corrected chi connectivity index (χ0v) is 10.6. The zero-order valence-electron chi connectivity index (χ0n) is 9.62. The van der Waals surface area contributed by atoms with Crippen LogP contribution in [-0.2, 0) is 13.3 Å². The van der Waals surface area contributed by atoms with E-state index in [0.717, 1.165) is 32.0 Å². The smallest absolute Gasteiger partial charge is 0.377 e. The fraction of sp³-hybridized carbons (Fsp3) is 0.800. The van der Waals surface area contributed by atoms with Gasteiger partial charge in [0.1, 0.15) is 0 Å². The summed E-state index contributed by atoms with van der Waals surface area (Å²) in [6.45, 7) is 5.57. The van der Waals surface area contributed by atoms with Crippen molar-refractivity contribution >= 4 is 8.80 Å². The summed E-state index contributed by atoms with van der Waals surface area (Å²) in [5, 5.41) is 3.35. The zero-order chi connectivity index (χ0) is 11.1. The molecule has 1 atom stereocenters. The summed E-state index contributed by atoms with van der Waals surface area (Å²) in [6, 6.07) is 0.876. The molecule has 5 heteroatoms. The Morgan fingerprint density at radius 3 is 2.87 bits per heavy atom. The average molecular weight is 231 g/mol. The van der Waals surface area contributed by atoms with Crippen LogP contribution < -0.4 is 5.32 Å². The van der Waals surface area contributed by atoms with Crippen LogP contribution in [-0.4, -0.2) is 42.2 Å². The monoisotopic (exact) mass is 231 g/mol. The van der Waals surface area contributed by atoms with Gasteiger partial charge >= 0.3 is 8.80 Å². The van der Waals surface area contributed by atoms with E-state index < -0.39 is 8.80 Å². The summed E-state index contributed by atoms with van der Waals surface area (Å²) in [7, 11) is 0.951. The molecule has 1 fully saturated rings. The molecule has 0 radical (unpaired) electrons. The third kappa shape index (κ3) is 3.69. The fourth-order valence-electron chi connectivity index (χ4n) is 1.75. The first-order valence-electron chi connectivity index (χ1n) is 5.36. The molecule has 0 amide bonds. The van der Waals surface area contributed by atoms with Gasteiger partial charge < -0.3 is 18.6 Å². The number of nitrogens with one attached hydrogen (secondary N) is 1. The third-order valence-corrected chi connectivity index (χ3v) is 5.51. The van der Waals surface area contributed by atoms with Gasteiger partial charge in [-0.2, -0.15) is 0 Å². The van der Waals surface area contributed by atoms with Gasteiger partial charge in [0.2, 0.25) is 0 Å². The van der Waals surface area contributed by atoms with Crippen molar-refractivity contribution in [1.29, 1.82) is 0 Å². The summed E-state index contributed by atoms with van der Waals surface area (Å²) >= 11 is 0. The lowest BCUT2D eigenvalue weighted by atomic mass is 10.2. The van der Waals surface area contributed by atoms with Gasteiger partial charge in [0.25, 0.3) is 0 Å². The second-order valence-corrected chi connectivity index (χ2v) is 6.58. The molecular weight excluding hydrogens is 210 g/mol. The minimum atomic E-state index is -2.40. The van der Waals surface area contributed by atoms with Crippen LogP contribution in [0.25, 0.3) is 0 Å². The molecule has 0 aromatic heterocycles. The largest absolute Gasteiger partial charge is 0.500 e. The predicted molar refractivity (Wildman–Crippen MR) is 61.8 cm³/mol. The molecule has 0 aromatic rings. The Bertz CT molecular complexity index is 197. The van der Waals surface area contributed by atoms with E-state index in [9.17, 15) is 0 Å². The van der Waals surface area contributed by atoms with Crippen molar-refractivity contribution in [3.63, 3.8) is 0 Å². The first-order chi connectivity index (χ1) is 7.26. The van der Waals surface area contributed by atoms with Crippen LogP contribution in [0, 0.1) is 0 Å². The van der Waals surface area contributed by atoms with Gasteiger partial charge in [0, 0.05) is 26.8 Å². The van der Waals surface area contributed by atoms with Crippen molar-refractivity contribution in [3.05, 3.63) is 12.7 Å². The lowest BCUT2D eigenvalue weighted by Gasteiger charge is -2.33. The number of rotatable bonds is 4. The highest BCUT2D eigenvalue weighted by Crippen LogP contribution is 2.20. The third-order valence-electron chi connectivity index (χ3n) is 2.61. The lowest BCUT2D eigenvalue weighted by molar-refractivity contribution is 0.0514. The van der Waals surface area contributed by atoms with Crippen LogP contribution in [0.15, 0.2) is 12.7 Å². The fourth-order valence-corrected chi connectivity index (χ4v) is 3.93. The van der Waals surface area contributed by atoms with Crippen molar-refractivity contribution in [2.45, 2.75) is 25.0 Å². The van der Waals surface area contributed by atoms with Crippen molar-refractivity contribution in [3.8, 4) is 0 Å². The van der Waals surface area contributed by atoms with Crippen LogP contribution in [0.5, 0.6) is 0 Å². The SMILES string of the molecule is C=CCC1CNCCC[Si](OC)(OC)O1. The molecule has 1 aliphatic rings. The summed E-state index contributed by atoms with van der Waals surface area (Å²) in [6.07, 6.45) is 3.86. The Hall–Kier alpha value is -0.203. The van der Waals surface area contributed by atoms with E-state index in [-0.39, 0.29) is 6.10 Å². The van der Waals surface area contributed by atoms with Gasteiger partial charge in [-0.1, -0.05) is 6.08 Å². The summed E-state index contributed by atoms with van der Waals surface area (Å²) < 4.78 is 16.9. The quantitative estimate of drug-likeness (QED) is 0.582. The summed E-state index contributed by atoms with van der Waals surface area (Å²) in [5.74, 6) is 0. The highest BCUT2D eigenvalue weighted by molar-refractivity contribution is 6.60. The summed E-state index contributed by atoms with van der Waals surface area (Å²) in [4.78, 5) is 0. The Kier molecular flexibility index (Phi) is 5.48. The van der Waals surface area contributed by atoms with E-state index in [4.69, 9.17) is 13.3 Å². The first kappa shape index (κ1) is 12.9. The van der Waals surface area contributed by atoms with Gasteiger partial charge in [-0.15, -0.1) is 6.58 Å².